The number of halogens is 3. The van der Waals surface area contributed by atoms with E-state index in [1.54, 1.807) is 0 Å². The van der Waals surface area contributed by atoms with Crippen molar-refractivity contribution in [1.29, 1.82) is 0 Å². The largest absolute Gasteiger partial charge is 0.508 e. The number of phenols is 1. The fourth-order valence-electron chi connectivity index (χ4n) is 7.95. The van der Waals surface area contributed by atoms with Gasteiger partial charge in [-0.05, 0) is 74.7 Å². The Bertz CT molecular complexity index is 2110. The number of pyridine rings is 1. The summed E-state index contributed by atoms with van der Waals surface area (Å²) < 4.78 is 76.6. The molecule has 0 aliphatic carbocycles. The Morgan fingerprint density at radius 1 is 1.28 bits per heavy atom. The molecule has 4 aliphatic rings. The molecule has 46 heavy (non-hydrogen) atoms. The van der Waals surface area contributed by atoms with E-state index in [0.717, 1.165) is 19.4 Å². The first kappa shape index (κ1) is 25.8. The smallest absolute Gasteiger partial charge is 0.319 e. The Hall–Kier alpha value is -4.40. The number of terminal acetylenes is 1. The molecule has 4 aromatic rings. The van der Waals surface area contributed by atoms with Crippen molar-refractivity contribution >= 4 is 27.5 Å². The summed E-state index contributed by atoms with van der Waals surface area (Å²) in [6.07, 6.45) is 11.0. The van der Waals surface area contributed by atoms with Crippen molar-refractivity contribution in [3.63, 3.8) is 0 Å². The number of anilines is 1. The summed E-state index contributed by atoms with van der Waals surface area (Å²) >= 11 is 0. The van der Waals surface area contributed by atoms with E-state index in [4.69, 9.17) is 20.3 Å². The maximum absolute atomic E-state index is 16.9. The fourth-order valence-corrected chi connectivity index (χ4v) is 7.95. The number of rotatable bonds is 5. The molecule has 8 rings (SSSR count). The topological polar surface area (TPSA) is 86.6 Å². The van der Waals surface area contributed by atoms with Gasteiger partial charge in [-0.2, -0.15) is 9.97 Å². The molecule has 0 spiro atoms. The molecule has 2 bridgehead atoms. The van der Waals surface area contributed by atoms with Crippen LogP contribution in [0, 0.1) is 24.0 Å². The van der Waals surface area contributed by atoms with Crippen molar-refractivity contribution in [3.8, 4) is 35.4 Å². The first-order valence-electron chi connectivity index (χ1n) is 16.9. The highest BCUT2D eigenvalue weighted by Crippen LogP contribution is 2.43. The third-order valence-electron chi connectivity index (χ3n) is 10.0. The van der Waals surface area contributed by atoms with E-state index in [9.17, 15) is 13.9 Å². The van der Waals surface area contributed by atoms with Gasteiger partial charge in [0.2, 0.25) is 0 Å². The van der Waals surface area contributed by atoms with Crippen LogP contribution in [0.5, 0.6) is 11.8 Å². The Morgan fingerprint density at radius 2 is 2.17 bits per heavy atom. The molecule has 2 aromatic heterocycles. The normalized spacial score (nSPS) is 28.0. The highest BCUT2D eigenvalue weighted by molar-refractivity contribution is 6.03. The Kier molecular flexibility index (Phi) is 5.92. The predicted molar refractivity (Wildman–Crippen MR) is 169 cm³/mol. The van der Waals surface area contributed by atoms with Gasteiger partial charge in [0.25, 0.3) is 0 Å². The quantitative estimate of drug-likeness (QED) is 0.276. The maximum atomic E-state index is 16.9. The molecule has 4 fully saturated rings. The fraction of sp³-hybridized carbons (Fsp3) is 0.400. The first-order valence-corrected chi connectivity index (χ1v) is 15.4. The number of phenolic OH excluding ortho intramolecular Hbond substituents is 1. The lowest BCUT2D eigenvalue weighted by atomic mass is 9.94. The van der Waals surface area contributed by atoms with E-state index in [-0.39, 0.29) is 69.9 Å². The molecule has 0 amide bonds. The van der Waals surface area contributed by atoms with Gasteiger partial charge in [0.15, 0.2) is 5.82 Å². The standard InChI is InChI=1S/C35H33F3N6O2/c1-3-24-27(37)6-5-21-11-23(45)12-25(28(21)24)30-29(38)31-26(15-39-30)32(43-17-22-7-9-34(2,18-43)42-22)41-33(40-31)46-19-35-8-4-10-44(35)16-20(13-35)14-36/h1,5-6,11-12,14-15,22,42,45H,4,7-10,13,16-19H2,2H3/b20-14-/t22-,34+,35-/m0/s1/i2D3. The van der Waals surface area contributed by atoms with Crippen LogP contribution in [0.3, 0.4) is 0 Å². The van der Waals surface area contributed by atoms with E-state index in [1.165, 1.54) is 30.5 Å². The Labute approximate surface area is 268 Å². The van der Waals surface area contributed by atoms with Crippen LogP contribution in [0.25, 0.3) is 32.9 Å². The number of nitrogens with zero attached hydrogens (tertiary/aromatic N) is 5. The molecular formula is C35H33F3N6O2. The van der Waals surface area contributed by atoms with E-state index in [1.807, 2.05) is 4.90 Å². The summed E-state index contributed by atoms with van der Waals surface area (Å²) in [5.74, 6) is 0.855. The Morgan fingerprint density at radius 3 is 3.00 bits per heavy atom. The molecule has 11 heteroatoms. The molecule has 0 saturated carbocycles. The number of hydrogen-bond donors (Lipinski definition) is 2. The van der Waals surface area contributed by atoms with Crippen LogP contribution < -0.4 is 15.0 Å². The lowest BCUT2D eigenvalue weighted by Gasteiger charge is -2.40. The van der Waals surface area contributed by atoms with Crippen molar-refractivity contribution in [3.05, 3.63) is 59.6 Å². The third kappa shape index (κ3) is 4.57. The van der Waals surface area contributed by atoms with Crippen molar-refractivity contribution < 1.29 is 27.1 Å². The number of hydrogen-bond acceptors (Lipinski definition) is 8. The van der Waals surface area contributed by atoms with Crippen LogP contribution in [0.15, 0.2) is 42.4 Å². The van der Waals surface area contributed by atoms with Crippen LogP contribution in [-0.2, 0) is 0 Å². The van der Waals surface area contributed by atoms with Gasteiger partial charge in [-0.3, -0.25) is 9.88 Å². The zero-order valence-electron chi connectivity index (χ0n) is 27.9. The highest BCUT2D eigenvalue weighted by atomic mass is 19.1. The Balaban J connectivity index is 1.29. The summed E-state index contributed by atoms with van der Waals surface area (Å²) in [6, 6.07) is 5.05. The lowest BCUT2D eigenvalue weighted by molar-refractivity contribution is 0.108. The minimum Gasteiger partial charge on any atom is -0.508 e. The van der Waals surface area contributed by atoms with E-state index in [2.05, 4.69) is 26.1 Å². The van der Waals surface area contributed by atoms with Crippen LogP contribution >= 0.6 is 0 Å². The molecule has 3 atom stereocenters. The van der Waals surface area contributed by atoms with Gasteiger partial charge < -0.3 is 20.1 Å². The van der Waals surface area contributed by atoms with Gasteiger partial charge >= 0.3 is 6.01 Å². The summed E-state index contributed by atoms with van der Waals surface area (Å²) in [5.41, 5.74) is -1.36. The molecule has 6 heterocycles. The molecule has 4 aliphatic heterocycles. The van der Waals surface area contributed by atoms with Gasteiger partial charge in [0.1, 0.15) is 35.2 Å². The van der Waals surface area contributed by atoms with Crippen LogP contribution in [0.2, 0.25) is 0 Å². The molecule has 236 valence electrons. The van der Waals surface area contributed by atoms with E-state index >= 15 is 4.39 Å². The summed E-state index contributed by atoms with van der Waals surface area (Å²) in [5, 5.41) is 14.7. The minimum absolute atomic E-state index is 0.0723. The molecular weight excluding hydrogens is 593 g/mol. The average molecular weight is 630 g/mol. The number of ether oxygens (including phenoxy) is 1. The summed E-state index contributed by atoms with van der Waals surface area (Å²) in [4.78, 5) is 17.7. The molecule has 2 aromatic carbocycles. The van der Waals surface area contributed by atoms with E-state index < -0.39 is 29.6 Å². The number of piperazine rings is 1. The second-order valence-electron chi connectivity index (χ2n) is 13.0. The number of nitrogens with one attached hydrogen (secondary N) is 1. The number of aromatic hydroxyl groups is 1. The number of benzene rings is 2. The summed E-state index contributed by atoms with van der Waals surface area (Å²) in [6.45, 7) is -0.373. The van der Waals surface area contributed by atoms with Crippen molar-refractivity contribution in [2.45, 2.75) is 56.1 Å². The van der Waals surface area contributed by atoms with Crippen molar-refractivity contribution in [2.75, 3.05) is 37.7 Å². The average Bonchev–Trinajstić information content (AvgIpc) is 3.73. The van der Waals surface area contributed by atoms with Gasteiger partial charge in [-0.1, -0.05) is 12.0 Å². The SMILES string of the molecule is [2H]C([2H])([2H])[C@@]12CC[C@@H](CN(c3nc(OC[C@@]45CCCN4C/C(=C\F)C5)nc4c(F)c(-c5cc(O)cc6ccc(F)c(C#C)c56)ncc34)C1)N2. The number of fused-ring (bicyclic) bond motifs is 5. The lowest BCUT2D eigenvalue weighted by Crippen LogP contribution is -2.58. The van der Waals surface area contributed by atoms with Gasteiger partial charge in [0, 0.05) is 52.5 Å². The van der Waals surface area contributed by atoms with Crippen LogP contribution in [-0.4, -0.2) is 74.9 Å². The monoisotopic (exact) mass is 629 g/mol. The summed E-state index contributed by atoms with van der Waals surface area (Å²) in [7, 11) is 0. The molecule has 2 N–H and O–H groups in total. The molecule has 0 unspecified atom stereocenters. The van der Waals surface area contributed by atoms with Crippen molar-refractivity contribution in [2.24, 2.45) is 0 Å². The van der Waals surface area contributed by atoms with E-state index in [0.29, 0.717) is 49.6 Å². The van der Waals surface area contributed by atoms with Crippen molar-refractivity contribution in [1.82, 2.24) is 25.2 Å². The van der Waals surface area contributed by atoms with Crippen LogP contribution in [0.1, 0.15) is 48.6 Å². The zero-order valence-corrected chi connectivity index (χ0v) is 24.9. The number of aromatic nitrogens is 3. The minimum atomic E-state index is -2.31. The predicted octanol–water partition coefficient (Wildman–Crippen LogP) is 5.61. The maximum Gasteiger partial charge on any atom is 0.319 e. The van der Waals surface area contributed by atoms with Gasteiger partial charge in [-0.25, -0.2) is 13.2 Å². The molecule has 4 saturated heterocycles. The molecule has 0 radical (unpaired) electrons. The first-order chi connectivity index (χ1) is 23.4. The highest BCUT2D eigenvalue weighted by Gasteiger charge is 2.47. The van der Waals surface area contributed by atoms with Crippen LogP contribution in [0.4, 0.5) is 19.0 Å². The van der Waals surface area contributed by atoms with Gasteiger partial charge in [-0.15, -0.1) is 6.42 Å². The second-order valence-corrected chi connectivity index (χ2v) is 13.0. The second kappa shape index (κ2) is 10.6. The van der Waals surface area contributed by atoms with Gasteiger partial charge in [0.05, 0.1) is 22.8 Å². The zero-order chi connectivity index (χ0) is 34.3. The third-order valence-corrected chi connectivity index (χ3v) is 10.0. The molecule has 8 nitrogen and oxygen atoms in total.